The van der Waals surface area contributed by atoms with Crippen molar-refractivity contribution >= 4 is 21.6 Å². The van der Waals surface area contributed by atoms with Gasteiger partial charge in [-0.05, 0) is 57.7 Å². The molecule has 5 heteroatoms. The molecule has 0 aromatic heterocycles. The minimum atomic E-state index is -0.292. The van der Waals surface area contributed by atoms with Gasteiger partial charge in [0, 0.05) is 17.5 Å². The van der Waals surface area contributed by atoms with Crippen LogP contribution < -0.4 is 9.47 Å². The lowest BCUT2D eigenvalue weighted by Crippen LogP contribution is -2.33. The highest BCUT2D eigenvalue weighted by molar-refractivity contribution is 9.10. The number of methoxy groups -OCH3 is 1. The van der Waals surface area contributed by atoms with Gasteiger partial charge in [-0.3, -0.25) is 0 Å². The quantitative estimate of drug-likeness (QED) is 0.458. The number of benzene rings is 3. The highest BCUT2D eigenvalue weighted by Gasteiger charge is 2.40. The number of para-hydroxylation sites is 1. The van der Waals surface area contributed by atoms with Gasteiger partial charge in [0.05, 0.1) is 23.3 Å². The molecule has 2 heterocycles. The number of halogens is 1. The zero-order valence-corrected chi connectivity index (χ0v) is 18.6. The summed E-state index contributed by atoms with van der Waals surface area (Å²) in [6.45, 7) is 2.17. The molecule has 0 aliphatic carbocycles. The van der Waals surface area contributed by atoms with Crippen LogP contribution in [-0.2, 0) is 6.42 Å². The van der Waals surface area contributed by atoms with Crippen LogP contribution in [0, 0.1) is 0 Å². The lowest BCUT2D eigenvalue weighted by atomic mass is 9.95. The maximum atomic E-state index is 6.44. The van der Waals surface area contributed by atoms with E-state index in [0.717, 1.165) is 40.1 Å². The SMILES string of the molecule is CCc1ccc(C2=NN3[C@H](C2)c2ccccc2O[C@@H]3c2ccc(OC)c(Br)c2)cc1. The molecular weight excluding hydrogens is 440 g/mol. The zero-order chi connectivity index (χ0) is 20.7. The van der Waals surface area contributed by atoms with Gasteiger partial charge in [0.25, 0.3) is 0 Å². The number of nitrogens with zero attached hydrogens (tertiary/aromatic N) is 2. The Labute approximate surface area is 185 Å². The third-order valence-corrected chi connectivity index (χ3v) is 6.48. The molecule has 0 N–H and O–H groups in total. The van der Waals surface area contributed by atoms with Crippen LogP contribution >= 0.6 is 15.9 Å². The van der Waals surface area contributed by atoms with Crippen molar-refractivity contribution < 1.29 is 9.47 Å². The fourth-order valence-corrected chi connectivity index (χ4v) is 4.76. The second-order valence-corrected chi connectivity index (χ2v) is 8.45. The number of hydrogen-bond donors (Lipinski definition) is 0. The van der Waals surface area contributed by atoms with E-state index in [0.29, 0.717) is 0 Å². The summed E-state index contributed by atoms with van der Waals surface area (Å²) < 4.78 is 12.7. The Morgan fingerprint density at radius 3 is 2.63 bits per heavy atom. The summed E-state index contributed by atoms with van der Waals surface area (Å²) in [6.07, 6.45) is 1.61. The Kier molecular flexibility index (Phi) is 4.99. The number of aryl methyl sites for hydroxylation is 1. The summed E-state index contributed by atoms with van der Waals surface area (Å²) in [7, 11) is 1.67. The summed E-state index contributed by atoms with van der Waals surface area (Å²) in [5.74, 6) is 1.72. The van der Waals surface area contributed by atoms with Crippen molar-refractivity contribution in [3.63, 3.8) is 0 Å². The van der Waals surface area contributed by atoms with Crippen molar-refractivity contribution in [3.8, 4) is 11.5 Å². The molecule has 0 amide bonds. The average Bonchev–Trinajstić information content (AvgIpc) is 3.24. The molecule has 2 aliphatic heterocycles. The summed E-state index contributed by atoms with van der Waals surface area (Å²) in [4.78, 5) is 0. The van der Waals surface area contributed by atoms with Crippen LogP contribution in [0.3, 0.4) is 0 Å². The van der Waals surface area contributed by atoms with Gasteiger partial charge < -0.3 is 9.47 Å². The van der Waals surface area contributed by atoms with E-state index in [-0.39, 0.29) is 12.3 Å². The molecule has 2 aliphatic rings. The van der Waals surface area contributed by atoms with E-state index < -0.39 is 0 Å². The Bertz CT molecular complexity index is 1110. The van der Waals surface area contributed by atoms with E-state index in [1.165, 1.54) is 16.7 Å². The van der Waals surface area contributed by atoms with E-state index in [4.69, 9.17) is 14.6 Å². The first-order valence-electron chi connectivity index (χ1n) is 10.2. The normalized spacial score (nSPS) is 19.6. The Hall–Kier alpha value is -2.79. The van der Waals surface area contributed by atoms with Crippen LogP contribution in [-0.4, -0.2) is 17.8 Å². The van der Waals surface area contributed by atoms with E-state index >= 15 is 0 Å². The van der Waals surface area contributed by atoms with E-state index in [1.54, 1.807) is 7.11 Å². The van der Waals surface area contributed by atoms with Gasteiger partial charge in [-0.25, -0.2) is 5.01 Å². The summed E-state index contributed by atoms with van der Waals surface area (Å²) in [5, 5.41) is 7.15. The first-order chi connectivity index (χ1) is 14.7. The summed E-state index contributed by atoms with van der Waals surface area (Å²) in [6, 6.07) is 23.2. The van der Waals surface area contributed by atoms with Crippen molar-refractivity contribution in [2.75, 3.05) is 7.11 Å². The summed E-state index contributed by atoms with van der Waals surface area (Å²) >= 11 is 3.61. The molecule has 0 fully saturated rings. The third-order valence-electron chi connectivity index (χ3n) is 5.86. The second kappa shape index (κ2) is 7.80. The molecule has 5 rings (SSSR count). The molecule has 3 aromatic carbocycles. The van der Waals surface area contributed by atoms with Crippen LogP contribution in [0.4, 0.5) is 0 Å². The third kappa shape index (κ3) is 3.27. The van der Waals surface area contributed by atoms with Gasteiger partial charge in [-0.2, -0.15) is 5.10 Å². The van der Waals surface area contributed by atoms with Crippen molar-refractivity contribution in [2.45, 2.75) is 32.0 Å². The highest BCUT2D eigenvalue weighted by atomic mass is 79.9. The van der Waals surface area contributed by atoms with Crippen LogP contribution in [0.2, 0.25) is 0 Å². The van der Waals surface area contributed by atoms with Gasteiger partial charge >= 0.3 is 0 Å². The van der Waals surface area contributed by atoms with Gasteiger partial charge in [-0.15, -0.1) is 0 Å². The Morgan fingerprint density at radius 2 is 1.90 bits per heavy atom. The van der Waals surface area contributed by atoms with Gasteiger partial charge in [-0.1, -0.05) is 49.4 Å². The lowest BCUT2D eigenvalue weighted by Gasteiger charge is -2.38. The monoisotopic (exact) mass is 462 g/mol. The standard InChI is InChI=1S/C25H23BrN2O2/c1-3-16-8-10-17(11-9-16)21-15-22-19-6-4-5-7-23(19)30-25(28(22)27-21)18-12-13-24(29-2)20(26)14-18/h4-14,22,25H,3,15H2,1-2H3/t22-,25-/m1/s1. The maximum Gasteiger partial charge on any atom is 0.213 e. The molecule has 0 unspecified atom stereocenters. The smallest absolute Gasteiger partial charge is 0.213 e. The topological polar surface area (TPSA) is 34.1 Å². The van der Waals surface area contributed by atoms with Gasteiger partial charge in [0.15, 0.2) is 0 Å². The molecule has 2 atom stereocenters. The first-order valence-corrected chi connectivity index (χ1v) is 11.0. The number of fused-ring (bicyclic) bond motifs is 3. The summed E-state index contributed by atoms with van der Waals surface area (Å²) in [5.41, 5.74) is 5.83. The van der Waals surface area contributed by atoms with E-state index in [1.807, 2.05) is 24.3 Å². The first kappa shape index (κ1) is 19.2. The number of hydrogen-bond acceptors (Lipinski definition) is 4. The molecule has 0 spiro atoms. The van der Waals surface area contributed by atoms with E-state index in [2.05, 4.69) is 70.3 Å². The number of ether oxygens (including phenoxy) is 2. The second-order valence-electron chi connectivity index (χ2n) is 7.60. The van der Waals surface area contributed by atoms with Crippen LogP contribution in [0.25, 0.3) is 0 Å². The minimum absolute atomic E-state index is 0.154. The fourth-order valence-electron chi connectivity index (χ4n) is 4.20. The number of rotatable bonds is 4. The predicted molar refractivity (Wildman–Crippen MR) is 122 cm³/mol. The van der Waals surface area contributed by atoms with Gasteiger partial charge in [0.2, 0.25) is 6.23 Å². The van der Waals surface area contributed by atoms with Crippen LogP contribution in [0.15, 0.2) is 76.3 Å². The van der Waals surface area contributed by atoms with Crippen molar-refractivity contribution in [1.29, 1.82) is 0 Å². The molecule has 0 saturated carbocycles. The van der Waals surface area contributed by atoms with Crippen molar-refractivity contribution in [2.24, 2.45) is 5.10 Å². The molecule has 4 nitrogen and oxygen atoms in total. The Morgan fingerprint density at radius 1 is 1.10 bits per heavy atom. The molecule has 0 saturated heterocycles. The molecule has 0 radical (unpaired) electrons. The maximum absolute atomic E-state index is 6.44. The fraction of sp³-hybridized carbons (Fsp3) is 0.240. The van der Waals surface area contributed by atoms with Gasteiger partial charge in [0.1, 0.15) is 11.5 Å². The molecule has 30 heavy (non-hydrogen) atoms. The Balaban J connectivity index is 1.56. The molecule has 0 bridgehead atoms. The number of hydrazone groups is 1. The average molecular weight is 463 g/mol. The highest BCUT2D eigenvalue weighted by Crippen LogP contribution is 2.48. The zero-order valence-electron chi connectivity index (χ0n) is 17.0. The largest absolute Gasteiger partial charge is 0.496 e. The molecule has 152 valence electrons. The lowest BCUT2D eigenvalue weighted by molar-refractivity contribution is -0.0190. The minimum Gasteiger partial charge on any atom is -0.496 e. The van der Waals surface area contributed by atoms with Crippen LogP contribution in [0.5, 0.6) is 11.5 Å². The van der Waals surface area contributed by atoms with Crippen molar-refractivity contribution in [1.82, 2.24) is 5.01 Å². The van der Waals surface area contributed by atoms with E-state index in [9.17, 15) is 0 Å². The predicted octanol–water partition coefficient (Wildman–Crippen LogP) is 6.26. The molecular formula is C25H23BrN2O2. The van der Waals surface area contributed by atoms with Crippen molar-refractivity contribution in [3.05, 3.63) is 93.5 Å². The van der Waals surface area contributed by atoms with Crippen LogP contribution in [0.1, 0.15) is 47.9 Å². The molecule has 3 aromatic rings.